The summed E-state index contributed by atoms with van der Waals surface area (Å²) in [5.41, 5.74) is 0. The summed E-state index contributed by atoms with van der Waals surface area (Å²) in [6.07, 6.45) is 3.92. The molecule has 1 heterocycles. The normalized spacial score (nSPS) is 32.0. The van der Waals surface area contributed by atoms with Gasteiger partial charge in [0.2, 0.25) is 0 Å². The summed E-state index contributed by atoms with van der Waals surface area (Å²) in [5.74, 6) is 0. The molecule has 0 aromatic rings. The smallest absolute Gasteiger partial charge is 0.0461 e. The zero-order chi connectivity index (χ0) is 6.69. The molecule has 1 aliphatic heterocycles. The fourth-order valence-corrected chi connectivity index (χ4v) is 1.49. The van der Waals surface area contributed by atoms with Gasteiger partial charge in [0.15, 0.2) is 0 Å². The molecule has 1 unspecified atom stereocenters. The molecule has 1 nitrogen and oxygen atoms in total. The third kappa shape index (κ3) is 2.15. The van der Waals surface area contributed by atoms with Crippen LogP contribution in [0, 0.1) is 0 Å². The molecule has 9 heavy (non-hydrogen) atoms. The van der Waals surface area contributed by atoms with Gasteiger partial charge in [-0.3, -0.25) is 0 Å². The van der Waals surface area contributed by atoms with Crippen LogP contribution >= 0.6 is 11.6 Å². The van der Waals surface area contributed by atoms with Gasteiger partial charge < -0.3 is 5.32 Å². The van der Waals surface area contributed by atoms with Crippen molar-refractivity contribution in [2.75, 3.05) is 6.54 Å². The van der Waals surface area contributed by atoms with Gasteiger partial charge >= 0.3 is 0 Å². The first-order valence-electron chi connectivity index (χ1n) is 3.68. The van der Waals surface area contributed by atoms with Crippen molar-refractivity contribution in [3.05, 3.63) is 0 Å². The summed E-state index contributed by atoms with van der Waals surface area (Å²) in [4.78, 5) is 0. The van der Waals surface area contributed by atoms with Crippen LogP contribution in [0.4, 0.5) is 0 Å². The summed E-state index contributed by atoms with van der Waals surface area (Å²) in [5, 5.41) is 3.68. The first-order chi connectivity index (χ1) is 4.30. The molecule has 0 radical (unpaired) electrons. The molecular weight excluding hydrogens is 134 g/mol. The van der Waals surface area contributed by atoms with Gasteiger partial charge in [-0.25, -0.2) is 0 Å². The van der Waals surface area contributed by atoms with Crippen molar-refractivity contribution in [2.24, 2.45) is 0 Å². The molecule has 0 aromatic heterocycles. The first-order valence-corrected chi connectivity index (χ1v) is 4.12. The van der Waals surface area contributed by atoms with Gasteiger partial charge in [-0.05, 0) is 26.3 Å². The van der Waals surface area contributed by atoms with Crippen LogP contribution < -0.4 is 5.32 Å². The van der Waals surface area contributed by atoms with Gasteiger partial charge in [-0.2, -0.15) is 0 Å². The molecular formula is C7H14ClN. The lowest BCUT2D eigenvalue weighted by molar-refractivity contribution is 0.396. The van der Waals surface area contributed by atoms with E-state index in [9.17, 15) is 0 Å². The van der Waals surface area contributed by atoms with E-state index in [4.69, 9.17) is 11.6 Å². The lowest BCUT2D eigenvalue weighted by atomic mass is 10.0. The van der Waals surface area contributed by atoms with Crippen LogP contribution in [0.15, 0.2) is 0 Å². The number of hydrogen-bond donors (Lipinski definition) is 1. The van der Waals surface area contributed by atoms with Crippen molar-refractivity contribution < 1.29 is 0 Å². The molecule has 2 atom stereocenters. The maximum atomic E-state index is 5.89. The molecule has 0 saturated carbocycles. The van der Waals surface area contributed by atoms with E-state index in [0.717, 1.165) is 6.54 Å². The molecule has 0 bridgehead atoms. The van der Waals surface area contributed by atoms with E-state index in [-0.39, 0.29) is 0 Å². The first kappa shape index (κ1) is 7.36. The van der Waals surface area contributed by atoms with E-state index in [0.29, 0.717) is 11.4 Å². The van der Waals surface area contributed by atoms with Crippen LogP contribution in [-0.2, 0) is 0 Å². The Bertz CT molecular complexity index is 77.0. The van der Waals surface area contributed by atoms with Crippen LogP contribution in [0.25, 0.3) is 0 Å². The van der Waals surface area contributed by atoms with Crippen LogP contribution in [0.3, 0.4) is 0 Å². The van der Waals surface area contributed by atoms with Gasteiger partial charge in [0.05, 0.1) is 0 Å². The minimum Gasteiger partial charge on any atom is -0.313 e. The largest absolute Gasteiger partial charge is 0.313 e. The topological polar surface area (TPSA) is 12.0 Å². The van der Waals surface area contributed by atoms with Gasteiger partial charge in [0, 0.05) is 11.4 Å². The van der Waals surface area contributed by atoms with Crippen molar-refractivity contribution in [3.8, 4) is 0 Å². The van der Waals surface area contributed by atoms with Crippen molar-refractivity contribution in [1.29, 1.82) is 0 Å². The van der Waals surface area contributed by atoms with Gasteiger partial charge in [0.25, 0.3) is 0 Å². The highest BCUT2D eigenvalue weighted by molar-refractivity contribution is 6.20. The van der Waals surface area contributed by atoms with Crippen LogP contribution in [0.1, 0.15) is 26.2 Å². The fraction of sp³-hybridized carbons (Fsp3) is 1.00. The standard InChI is InChI=1S/C7H14ClN/c1-6(8)7-4-2-3-5-9-7/h6-7,9H,2-5H2,1H3/t6?,7-/m1/s1. The maximum absolute atomic E-state index is 5.89. The summed E-state index contributed by atoms with van der Waals surface area (Å²) in [6.45, 7) is 3.21. The van der Waals surface area contributed by atoms with Crippen molar-refractivity contribution in [1.82, 2.24) is 5.32 Å². The monoisotopic (exact) mass is 147 g/mol. The zero-order valence-corrected chi connectivity index (χ0v) is 6.62. The molecule has 1 saturated heterocycles. The Balaban J connectivity index is 2.23. The van der Waals surface area contributed by atoms with Crippen LogP contribution in [0.5, 0.6) is 0 Å². The molecule has 1 aliphatic rings. The number of piperidine rings is 1. The maximum Gasteiger partial charge on any atom is 0.0461 e. The van der Waals surface area contributed by atoms with Gasteiger partial charge in [-0.15, -0.1) is 11.6 Å². The quantitative estimate of drug-likeness (QED) is 0.558. The van der Waals surface area contributed by atoms with Crippen molar-refractivity contribution in [3.63, 3.8) is 0 Å². The lowest BCUT2D eigenvalue weighted by Gasteiger charge is -2.25. The van der Waals surface area contributed by atoms with Gasteiger partial charge in [0.1, 0.15) is 0 Å². The van der Waals surface area contributed by atoms with E-state index in [1.54, 1.807) is 0 Å². The average molecular weight is 148 g/mol. The second kappa shape index (κ2) is 3.43. The molecule has 2 heteroatoms. The predicted octanol–water partition coefficient (Wildman–Crippen LogP) is 1.76. The molecule has 0 aromatic carbocycles. The number of halogens is 1. The summed E-state index contributed by atoms with van der Waals surface area (Å²) in [7, 11) is 0. The SMILES string of the molecule is CC(Cl)[C@H]1CCCCN1. The third-order valence-corrected chi connectivity index (χ3v) is 2.21. The van der Waals surface area contributed by atoms with Crippen LogP contribution in [-0.4, -0.2) is 18.0 Å². The Morgan fingerprint density at radius 3 is 2.67 bits per heavy atom. The third-order valence-electron chi connectivity index (χ3n) is 1.90. The van der Waals surface area contributed by atoms with E-state index in [2.05, 4.69) is 12.2 Å². The second-order valence-corrected chi connectivity index (χ2v) is 3.42. The number of rotatable bonds is 1. The lowest BCUT2D eigenvalue weighted by Crippen LogP contribution is -2.39. The highest BCUT2D eigenvalue weighted by Crippen LogP contribution is 2.13. The predicted molar refractivity (Wildman–Crippen MR) is 41.0 cm³/mol. The second-order valence-electron chi connectivity index (χ2n) is 2.73. The van der Waals surface area contributed by atoms with E-state index >= 15 is 0 Å². The molecule has 54 valence electrons. The number of nitrogens with one attached hydrogen (secondary N) is 1. The molecule has 0 spiro atoms. The Hall–Kier alpha value is 0.250. The zero-order valence-electron chi connectivity index (χ0n) is 5.86. The highest BCUT2D eigenvalue weighted by Gasteiger charge is 2.16. The van der Waals surface area contributed by atoms with Crippen molar-refractivity contribution >= 4 is 11.6 Å². The Labute approximate surface area is 61.8 Å². The van der Waals surface area contributed by atoms with E-state index < -0.39 is 0 Å². The van der Waals surface area contributed by atoms with E-state index in [1.807, 2.05) is 0 Å². The fourth-order valence-electron chi connectivity index (χ4n) is 1.27. The van der Waals surface area contributed by atoms with Crippen molar-refractivity contribution in [2.45, 2.75) is 37.6 Å². The summed E-state index contributed by atoms with van der Waals surface area (Å²) >= 11 is 5.89. The highest BCUT2D eigenvalue weighted by atomic mass is 35.5. The summed E-state index contributed by atoms with van der Waals surface area (Å²) < 4.78 is 0. The minimum absolute atomic E-state index is 0.297. The average Bonchev–Trinajstić information content (AvgIpc) is 1.90. The Kier molecular flexibility index (Phi) is 2.80. The molecule has 0 amide bonds. The van der Waals surface area contributed by atoms with Crippen LogP contribution in [0.2, 0.25) is 0 Å². The molecule has 1 N–H and O–H groups in total. The Morgan fingerprint density at radius 2 is 2.33 bits per heavy atom. The van der Waals surface area contributed by atoms with Gasteiger partial charge in [-0.1, -0.05) is 6.42 Å². The summed E-state index contributed by atoms with van der Waals surface area (Å²) in [6, 6.07) is 0.570. The number of alkyl halides is 1. The Morgan fingerprint density at radius 1 is 1.56 bits per heavy atom. The molecule has 0 aliphatic carbocycles. The van der Waals surface area contributed by atoms with E-state index in [1.165, 1.54) is 19.3 Å². The molecule has 1 fully saturated rings. The number of hydrogen-bond acceptors (Lipinski definition) is 1. The molecule has 1 rings (SSSR count). The minimum atomic E-state index is 0.297.